The molecule has 0 unspecified atom stereocenters. The quantitative estimate of drug-likeness (QED) is 0.184. The van der Waals surface area contributed by atoms with E-state index >= 15 is 0 Å². The van der Waals surface area contributed by atoms with Crippen molar-refractivity contribution in [3.63, 3.8) is 0 Å². The molecule has 0 saturated heterocycles. The Labute approximate surface area is 341 Å². The first-order chi connectivity index (χ1) is 28.0. The smallest absolute Gasteiger partial charge is 0.149 e. The highest BCUT2D eigenvalue weighted by Gasteiger charge is 2.29. The average molecular weight is 754 g/mol. The number of benzene rings is 7. The van der Waals surface area contributed by atoms with Gasteiger partial charge in [-0.25, -0.2) is 4.98 Å². The average Bonchev–Trinajstić information content (AvgIpc) is 3.62. The van der Waals surface area contributed by atoms with Gasteiger partial charge in [0.25, 0.3) is 0 Å². The van der Waals surface area contributed by atoms with E-state index in [0.29, 0.717) is 11.4 Å². The lowest BCUT2D eigenvalue weighted by atomic mass is 9.79. The van der Waals surface area contributed by atoms with Crippen molar-refractivity contribution in [2.75, 3.05) is 0 Å². The van der Waals surface area contributed by atoms with Gasteiger partial charge in [0.05, 0.1) is 28.0 Å². The predicted molar refractivity (Wildman–Crippen MR) is 243 cm³/mol. The monoisotopic (exact) mass is 753 g/mol. The van der Waals surface area contributed by atoms with Gasteiger partial charge in [0, 0.05) is 28.5 Å². The van der Waals surface area contributed by atoms with Crippen LogP contribution in [-0.2, 0) is 10.8 Å². The third kappa shape index (κ3) is 6.65. The number of imidazole rings is 1. The Balaban J connectivity index is 1.40. The first kappa shape index (κ1) is 36.8. The second-order valence-corrected chi connectivity index (χ2v) is 17.3. The van der Waals surface area contributed by atoms with Gasteiger partial charge in [-0.2, -0.15) is 0 Å². The number of rotatable bonds is 6. The zero-order valence-corrected chi connectivity index (χ0v) is 34.0. The number of nitrogens with zero attached hydrogens (tertiary/aromatic N) is 3. The van der Waals surface area contributed by atoms with E-state index < -0.39 is 0 Å². The van der Waals surface area contributed by atoms with E-state index in [2.05, 4.69) is 198 Å². The zero-order chi connectivity index (χ0) is 40.2. The summed E-state index contributed by atoms with van der Waals surface area (Å²) in [5.41, 5.74) is 13.5. The van der Waals surface area contributed by atoms with E-state index in [1.807, 2.05) is 18.3 Å². The summed E-state index contributed by atoms with van der Waals surface area (Å²) in [6, 6.07) is 57.6. The topological polar surface area (TPSA) is 50.9 Å². The van der Waals surface area contributed by atoms with E-state index in [0.717, 1.165) is 83.3 Å². The summed E-state index contributed by atoms with van der Waals surface area (Å²) in [4.78, 5) is 10.4. The summed E-state index contributed by atoms with van der Waals surface area (Å²) in [7, 11) is 0. The van der Waals surface area contributed by atoms with Crippen LogP contribution >= 0.6 is 0 Å². The molecule has 0 aliphatic carbocycles. The molecule has 0 bridgehead atoms. The molecule has 4 nitrogen and oxygen atoms in total. The van der Waals surface area contributed by atoms with Gasteiger partial charge in [-0.15, -0.1) is 0 Å². The largest absolute Gasteiger partial charge is 0.507 e. The number of phenolic OH excluding ortho intramolecular Hbond substituents is 1. The zero-order valence-electron chi connectivity index (χ0n) is 34.0. The molecule has 0 amide bonds. The van der Waals surface area contributed by atoms with Crippen molar-refractivity contribution in [2.24, 2.45) is 0 Å². The van der Waals surface area contributed by atoms with Crippen LogP contribution in [0.4, 0.5) is 0 Å². The first-order valence-electron chi connectivity index (χ1n) is 20.1. The van der Waals surface area contributed by atoms with Crippen molar-refractivity contribution in [1.82, 2.24) is 14.5 Å². The number of aromatic hydroxyl groups is 1. The molecule has 0 fully saturated rings. The fourth-order valence-electron chi connectivity index (χ4n) is 8.16. The third-order valence-electron chi connectivity index (χ3n) is 11.3. The summed E-state index contributed by atoms with van der Waals surface area (Å²) >= 11 is 0. The molecule has 284 valence electrons. The van der Waals surface area contributed by atoms with E-state index in [-0.39, 0.29) is 16.6 Å². The lowest BCUT2D eigenvalue weighted by Gasteiger charge is -2.27. The van der Waals surface area contributed by atoms with Gasteiger partial charge in [0.1, 0.15) is 11.6 Å². The van der Waals surface area contributed by atoms with Gasteiger partial charge in [-0.05, 0) is 98.0 Å². The molecule has 9 rings (SSSR count). The summed E-state index contributed by atoms with van der Waals surface area (Å²) in [6.45, 7) is 13.2. The Morgan fingerprint density at radius 2 is 1.19 bits per heavy atom. The Hall–Kier alpha value is -6.78. The van der Waals surface area contributed by atoms with Crippen LogP contribution in [0.5, 0.6) is 5.75 Å². The van der Waals surface area contributed by atoms with Crippen molar-refractivity contribution in [3.05, 3.63) is 181 Å². The van der Waals surface area contributed by atoms with E-state index in [4.69, 9.17) is 9.97 Å². The fourth-order valence-corrected chi connectivity index (χ4v) is 8.16. The molecule has 2 heterocycles. The van der Waals surface area contributed by atoms with Gasteiger partial charge in [0.2, 0.25) is 0 Å². The third-order valence-corrected chi connectivity index (χ3v) is 11.3. The molecule has 1 N–H and O–H groups in total. The highest BCUT2D eigenvalue weighted by molar-refractivity contribution is 6.03. The van der Waals surface area contributed by atoms with Gasteiger partial charge < -0.3 is 5.11 Å². The van der Waals surface area contributed by atoms with Crippen molar-refractivity contribution < 1.29 is 5.11 Å². The molecule has 0 saturated carbocycles. The van der Waals surface area contributed by atoms with E-state index in [1.165, 1.54) is 0 Å². The summed E-state index contributed by atoms with van der Waals surface area (Å²) < 4.78 is 2.27. The van der Waals surface area contributed by atoms with Gasteiger partial charge in [-0.3, -0.25) is 9.55 Å². The highest BCUT2D eigenvalue weighted by Crippen LogP contribution is 2.46. The molecule has 58 heavy (non-hydrogen) atoms. The standard InChI is InChI=1S/C54H47N3O/c1-53(2,3)40-33-45(51(58)46(34-40)54(4,5)6)52-56-50-42(39-30-38-22-13-14-23-41(38)44(32-39)47-25-15-16-29-55-47)24-17-26-49(50)57(52)48-28-27-37(35-18-9-7-10-19-35)31-43(48)36-20-11-8-12-21-36/h7-34,58H,1-6H3. The summed E-state index contributed by atoms with van der Waals surface area (Å²) in [6.07, 6.45) is 1.85. The maximum absolute atomic E-state index is 12.5. The molecular weight excluding hydrogens is 707 g/mol. The Morgan fingerprint density at radius 3 is 1.90 bits per heavy atom. The highest BCUT2D eigenvalue weighted by atomic mass is 16.3. The number of hydrogen-bond donors (Lipinski definition) is 1. The Morgan fingerprint density at radius 1 is 0.500 bits per heavy atom. The normalized spacial score (nSPS) is 12.0. The summed E-state index contributed by atoms with van der Waals surface area (Å²) in [5, 5.41) is 14.7. The van der Waals surface area contributed by atoms with Crippen molar-refractivity contribution in [1.29, 1.82) is 0 Å². The van der Waals surface area contributed by atoms with Gasteiger partial charge >= 0.3 is 0 Å². The number of aromatic nitrogens is 3. The van der Waals surface area contributed by atoms with Crippen molar-refractivity contribution >= 4 is 21.8 Å². The molecule has 9 aromatic rings. The van der Waals surface area contributed by atoms with E-state index in [1.54, 1.807) is 0 Å². The number of para-hydroxylation sites is 1. The Bertz CT molecular complexity index is 2950. The maximum atomic E-state index is 12.5. The summed E-state index contributed by atoms with van der Waals surface area (Å²) in [5.74, 6) is 0.941. The minimum absolute atomic E-state index is 0.177. The molecule has 4 heteroatoms. The van der Waals surface area contributed by atoms with Crippen LogP contribution in [0.25, 0.3) is 83.5 Å². The first-order valence-corrected chi connectivity index (χ1v) is 20.1. The van der Waals surface area contributed by atoms with Crippen LogP contribution in [0.15, 0.2) is 170 Å². The Kier molecular flexibility index (Phi) is 9.09. The van der Waals surface area contributed by atoms with Gasteiger partial charge in [-0.1, -0.05) is 157 Å². The predicted octanol–water partition coefficient (Wildman–Crippen LogP) is 14.2. The van der Waals surface area contributed by atoms with Crippen LogP contribution in [0.1, 0.15) is 52.7 Å². The SMILES string of the molecule is CC(C)(C)c1cc(-c2nc3c(-c4cc(-c5ccccn5)c5ccccc5c4)cccc3n2-c2ccc(-c3ccccc3)cc2-c2ccccc2)c(O)c(C(C)(C)C)c1. The number of hydrogen-bond acceptors (Lipinski definition) is 3. The molecule has 0 radical (unpaired) electrons. The minimum Gasteiger partial charge on any atom is -0.507 e. The van der Waals surface area contributed by atoms with E-state index in [9.17, 15) is 5.11 Å². The number of phenols is 1. The van der Waals surface area contributed by atoms with Crippen molar-refractivity contribution in [2.45, 2.75) is 52.4 Å². The maximum Gasteiger partial charge on any atom is 0.149 e. The van der Waals surface area contributed by atoms with Crippen LogP contribution < -0.4 is 0 Å². The van der Waals surface area contributed by atoms with Crippen LogP contribution in [0.3, 0.4) is 0 Å². The molecule has 2 aromatic heterocycles. The van der Waals surface area contributed by atoms with Gasteiger partial charge in [0.15, 0.2) is 0 Å². The molecule has 7 aromatic carbocycles. The number of fused-ring (bicyclic) bond motifs is 2. The van der Waals surface area contributed by atoms with Crippen LogP contribution in [-0.4, -0.2) is 19.6 Å². The van der Waals surface area contributed by atoms with Crippen LogP contribution in [0.2, 0.25) is 0 Å². The molecular formula is C54H47N3O. The fraction of sp³-hybridized carbons (Fsp3) is 0.148. The number of pyridine rings is 1. The van der Waals surface area contributed by atoms with Crippen molar-refractivity contribution in [3.8, 4) is 67.5 Å². The van der Waals surface area contributed by atoms with Crippen LogP contribution in [0, 0.1) is 0 Å². The molecule has 0 spiro atoms. The molecule has 0 aliphatic rings. The lowest BCUT2D eigenvalue weighted by Crippen LogP contribution is -2.17. The second-order valence-electron chi connectivity index (χ2n) is 17.3. The molecule has 0 atom stereocenters. The molecule has 0 aliphatic heterocycles. The lowest BCUT2D eigenvalue weighted by molar-refractivity contribution is 0.446. The minimum atomic E-state index is -0.318. The second kappa shape index (κ2) is 14.3.